The summed E-state index contributed by atoms with van der Waals surface area (Å²) in [7, 11) is 0. The molecule has 0 spiro atoms. The van der Waals surface area contributed by atoms with Crippen molar-refractivity contribution in [3.8, 4) is 0 Å². The Balaban J connectivity index is 2.18. The highest BCUT2D eigenvalue weighted by atomic mass is 16.5. The minimum atomic E-state index is -0.201. The number of aryl methyl sites for hydroxylation is 1. The van der Waals surface area contributed by atoms with E-state index < -0.39 is 0 Å². The van der Waals surface area contributed by atoms with Crippen molar-refractivity contribution in [3.63, 3.8) is 0 Å². The molecule has 5 heteroatoms. The molecule has 20 heavy (non-hydrogen) atoms. The van der Waals surface area contributed by atoms with Crippen LogP contribution in [0.1, 0.15) is 45.2 Å². The van der Waals surface area contributed by atoms with Gasteiger partial charge >= 0.3 is 5.97 Å². The first-order chi connectivity index (χ1) is 9.76. The summed E-state index contributed by atoms with van der Waals surface area (Å²) in [5.74, 6) is 0.712. The van der Waals surface area contributed by atoms with Crippen LogP contribution >= 0.6 is 0 Å². The van der Waals surface area contributed by atoms with E-state index in [2.05, 4.69) is 21.8 Å². The van der Waals surface area contributed by atoms with E-state index in [1.165, 1.54) is 0 Å². The number of aromatic nitrogens is 2. The topological polar surface area (TPSA) is 55.3 Å². The highest BCUT2D eigenvalue weighted by Crippen LogP contribution is 2.24. The van der Waals surface area contributed by atoms with Gasteiger partial charge in [-0.15, -0.1) is 0 Å². The maximum absolute atomic E-state index is 12.1. The number of carbonyl (C=O) groups is 1. The number of anilines is 1. The van der Waals surface area contributed by atoms with Gasteiger partial charge in [0.05, 0.1) is 6.61 Å². The lowest BCUT2D eigenvalue weighted by Gasteiger charge is -2.34. The molecule has 1 aromatic heterocycles. The molecule has 1 saturated heterocycles. The van der Waals surface area contributed by atoms with Crippen molar-refractivity contribution in [1.82, 2.24) is 9.97 Å². The average Bonchev–Trinajstić information content (AvgIpc) is 2.48. The van der Waals surface area contributed by atoms with Gasteiger partial charge in [-0.25, -0.2) is 14.8 Å². The minimum absolute atomic E-state index is 0.136. The smallest absolute Gasteiger partial charge is 0.328 e. The predicted molar refractivity (Wildman–Crippen MR) is 77.6 cm³/mol. The molecule has 5 nitrogen and oxygen atoms in total. The molecule has 1 aliphatic heterocycles. The molecule has 1 aliphatic rings. The van der Waals surface area contributed by atoms with Crippen molar-refractivity contribution in [2.45, 2.75) is 52.0 Å². The summed E-state index contributed by atoms with van der Waals surface area (Å²) in [5, 5.41) is 0. The fraction of sp³-hybridized carbons (Fsp3) is 0.667. The summed E-state index contributed by atoms with van der Waals surface area (Å²) in [6, 6.07) is 1.80. The highest BCUT2D eigenvalue weighted by Gasteiger charge is 2.30. The molecule has 1 fully saturated rings. The highest BCUT2D eigenvalue weighted by molar-refractivity contribution is 5.80. The Morgan fingerprint density at radius 1 is 1.40 bits per heavy atom. The standard InChI is InChI=1S/C15H23N3O2/c1-3-7-12-10-14(17-11-16-12)18-9-6-5-8-13(18)15(19)20-4-2/h10-11,13H,3-9H2,1-2H3. The Bertz CT molecular complexity index is 450. The molecule has 0 amide bonds. The van der Waals surface area contributed by atoms with Gasteiger partial charge in [0.25, 0.3) is 0 Å². The largest absolute Gasteiger partial charge is 0.464 e. The van der Waals surface area contributed by atoms with Crippen LogP contribution < -0.4 is 4.90 Å². The third-order valence-corrected chi connectivity index (χ3v) is 3.57. The molecule has 1 aromatic rings. The summed E-state index contributed by atoms with van der Waals surface area (Å²) < 4.78 is 5.19. The molecule has 0 saturated carbocycles. The van der Waals surface area contributed by atoms with Gasteiger partial charge < -0.3 is 9.64 Å². The van der Waals surface area contributed by atoms with Crippen molar-refractivity contribution in [2.75, 3.05) is 18.1 Å². The Hall–Kier alpha value is -1.65. The zero-order valence-electron chi connectivity index (χ0n) is 12.3. The molecule has 1 atom stereocenters. The minimum Gasteiger partial charge on any atom is -0.464 e. The number of esters is 1. The SMILES string of the molecule is CCCc1cc(N2CCCCC2C(=O)OCC)ncn1. The second-order valence-corrected chi connectivity index (χ2v) is 5.07. The fourth-order valence-electron chi connectivity index (χ4n) is 2.62. The maximum atomic E-state index is 12.1. The van der Waals surface area contributed by atoms with E-state index in [1.807, 2.05) is 13.0 Å². The lowest BCUT2D eigenvalue weighted by Crippen LogP contribution is -2.46. The molecule has 1 unspecified atom stereocenters. The van der Waals surface area contributed by atoms with Crippen molar-refractivity contribution in [3.05, 3.63) is 18.1 Å². The Labute approximate surface area is 120 Å². The lowest BCUT2D eigenvalue weighted by atomic mass is 10.0. The first-order valence-corrected chi connectivity index (χ1v) is 7.50. The Morgan fingerprint density at radius 3 is 3.00 bits per heavy atom. The van der Waals surface area contributed by atoms with Crippen LogP contribution in [0.25, 0.3) is 0 Å². The molecule has 2 rings (SSSR count). The van der Waals surface area contributed by atoms with E-state index in [0.717, 1.165) is 50.2 Å². The van der Waals surface area contributed by atoms with Gasteiger partial charge in [-0.1, -0.05) is 13.3 Å². The summed E-state index contributed by atoms with van der Waals surface area (Å²) >= 11 is 0. The summed E-state index contributed by atoms with van der Waals surface area (Å²) in [5.41, 5.74) is 1.03. The number of piperidine rings is 1. The monoisotopic (exact) mass is 277 g/mol. The van der Waals surface area contributed by atoms with E-state index in [4.69, 9.17) is 4.74 Å². The van der Waals surface area contributed by atoms with Gasteiger partial charge in [-0.3, -0.25) is 0 Å². The van der Waals surface area contributed by atoms with Crippen molar-refractivity contribution >= 4 is 11.8 Å². The van der Waals surface area contributed by atoms with Gasteiger partial charge in [0.1, 0.15) is 18.2 Å². The normalized spacial score (nSPS) is 18.9. The average molecular weight is 277 g/mol. The second kappa shape index (κ2) is 7.22. The van der Waals surface area contributed by atoms with Crippen LogP contribution in [0.2, 0.25) is 0 Å². The summed E-state index contributed by atoms with van der Waals surface area (Å²) in [6.07, 6.45) is 6.57. The number of nitrogens with zero attached hydrogens (tertiary/aromatic N) is 3. The molecule has 0 radical (unpaired) electrons. The van der Waals surface area contributed by atoms with Crippen LogP contribution in [-0.2, 0) is 16.0 Å². The van der Waals surface area contributed by atoms with Crippen LogP contribution in [-0.4, -0.2) is 35.1 Å². The number of rotatable bonds is 5. The van der Waals surface area contributed by atoms with Crippen LogP contribution in [0.4, 0.5) is 5.82 Å². The van der Waals surface area contributed by atoms with Crippen molar-refractivity contribution in [2.24, 2.45) is 0 Å². The van der Waals surface area contributed by atoms with E-state index >= 15 is 0 Å². The molecule has 0 aliphatic carbocycles. The van der Waals surface area contributed by atoms with Crippen molar-refractivity contribution in [1.29, 1.82) is 0 Å². The van der Waals surface area contributed by atoms with E-state index in [9.17, 15) is 4.79 Å². The predicted octanol–water partition coefficient (Wildman–Crippen LogP) is 2.35. The molecular weight excluding hydrogens is 254 g/mol. The lowest BCUT2D eigenvalue weighted by molar-refractivity contribution is -0.145. The van der Waals surface area contributed by atoms with Gasteiger partial charge in [-0.05, 0) is 32.6 Å². The van der Waals surface area contributed by atoms with Gasteiger partial charge in [-0.2, -0.15) is 0 Å². The van der Waals surface area contributed by atoms with Gasteiger partial charge in [0.2, 0.25) is 0 Å². The zero-order valence-corrected chi connectivity index (χ0v) is 12.3. The zero-order chi connectivity index (χ0) is 14.4. The van der Waals surface area contributed by atoms with Crippen molar-refractivity contribution < 1.29 is 9.53 Å². The Morgan fingerprint density at radius 2 is 2.25 bits per heavy atom. The summed E-state index contributed by atoms with van der Waals surface area (Å²) in [4.78, 5) is 22.8. The van der Waals surface area contributed by atoms with Crippen LogP contribution in [0.5, 0.6) is 0 Å². The Kier molecular flexibility index (Phi) is 5.32. The van der Waals surface area contributed by atoms with Gasteiger partial charge in [0.15, 0.2) is 0 Å². The van der Waals surface area contributed by atoms with E-state index in [-0.39, 0.29) is 12.0 Å². The number of hydrogen-bond donors (Lipinski definition) is 0. The molecular formula is C15H23N3O2. The number of ether oxygens (including phenoxy) is 1. The fourth-order valence-corrected chi connectivity index (χ4v) is 2.62. The first-order valence-electron chi connectivity index (χ1n) is 7.50. The quantitative estimate of drug-likeness (QED) is 0.773. The van der Waals surface area contributed by atoms with Crippen LogP contribution in [0.15, 0.2) is 12.4 Å². The van der Waals surface area contributed by atoms with Gasteiger partial charge in [0, 0.05) is 18.3 Å². The molecule has 0 bridgehead atoms. The molecule has 2 heterocycles. The number of carbonyl (C=O) groups excluding carboxylic acids is 1. The van der Waals surface area contributed by atoms with E-state index in [1.54, 1.807) is 6.33 Å². The maximum Gasteiger partial charge on any atom is 0.328 e. The van der Waals surface area contributed by atoms with Crippen LogP contribution in [0, 0.1) is 0 Å². The molecule has 0 aromatic carbocycles. The third-order valence-electron chi connectivity index (χ3n) is 3.57. The van der Waals surface area contributed by atoms with E-state index in [0.29, 0.717) is 6.61 Å². The molecule has 110 valence electrons. The molecule has 0 N–H and O–H groups in total. The van der Waals surface area contributed by atoms with Crippen LogP contribution in [0.3, 0.4) is 0 Å². The number of hydrogen-bond acceptors (Lipinski definition) is 5. The first kappa shape index (κ1) is 14.8. The summed E-state index contributed by atoms with van der Waals surface area (Å²) in [6.45, 7) is 5.25. The third kappa shape index (κ3) is 3.46. The second-order valence-electron chi connectivity index (χ2n) is 5.07.